The largest absolute Gasteiger partial charge is 0.441 e. The van der Waals surface area contributed by atoms with Gasteiger partial charge in [0, 0.05) is 24.4 Å². The van der Waals surface area contributed by atoms with Crippen LogP contribution in [0, 0.1) is 6.92 Å². The maximum absolute atomic E-state index is 5.78. The van der Waals surface area contributed by atoms with Gasteiger partial charge in [-0.2, -0.15) is 0 Å². The Balaban J connectivity index is 1.66. The number of aromatic nitrogens is 1. The van der Waals surface area contributed by atoms with Gasteiger partial charge in [-0.25, -0.2) is 4.98 Å². The van der Waals surface area contributed by atoms with Gasteiger partial charge in [-0.15, -0.1) is 0 Å². The second-order valence-corrected chi connectivity index (χ2v) is 6.75. The van der Waals surface area contributed by atoms with Crippen molar-refractivity contribution < 1.29 is 4.42 Å². The third-order valence-corrected chi connectivity index (χ3v) is 5.14. The summed E-state index contributed by atoms with van der Waals surface area (Å²) in [7, 11) is 0. The molecule has 110 valence electrons. The van der Waals surface area contributed by atoms with Crippen LogP contribution in [0.1, 0.15) is 24.3 Å². The van der Waals surface area contributed by atoms with Gasteiger partial charge in [-0.05, 0) is 31.9 Å². The fraction of sp³-hybridized carbons (Fsp3) is 0.375. The number of nitrogens with zero attached hydrogens (tertiary/aromatic N) is 2. The van der Waals surface area contributed by atoms with E-state index >= 15 is 0 Å². The predicted octanol–water partition coefficient (Wildman–Crippen LogP) is 4.26. The first kappa shape index (κ1) is 14.6. The zero-order valence-electron chi connectivity index (χ0n) is 12.0. The Labute approximate surface area is 134 Å². The van der Waals surface area contributed by atoms with E-state index in [1.807, 2.05) is 37.3 Å². The van der Waals surface area contributed by atoms with Crippen molar-refractivity contribution in [1.29, 1.82) is 0 Å². The van der Waals surface area contributed by atoms with Gasteiger partial charge in [-0.3, -0.25) is 0 Å². The highest BCUT2D eigenvalue weighted by molar-refractivity contribution is 8.22. The lowest BCUT2D eigenvalue weighted by Gasteiger charge is -2.16. The molecule has 1 aromatic heterocycles. The molecule has 1 aromatic carbocycles. The topological polar surface area (TPSA) is 29.3 Å². The summed E-state index contributed by atoms with van der Waals surface area (Å²) < 4.78 is 6.76. The van der Waals surface area contributed by atoms with Crippen molar-refractivity contribution in [2.24, 2.45) is 0 Å². The minimum Gasteiger partial charge on any atom is -0.441 e. The zero-order valence-corrected chi connectivity index (χ0v) is 13.7. The molecule has 21 heavy (non-hydrogen) atoms. The van der Waals surface area contributed by atoms with Crippen LogP contribution in [-0.4, -0.2) is 27.3 Å². The average Bonchev–Trinajstić information content (AvgIpc) is 3.16. The molecule has 0 spiro atoms. The van der Waals surface area contributed by atoms with E-state index < -0.39 is 0 Å². The molecule has 0 atom stereocenters. The fourth-order valence-electron chi connectivity index (χ4n) is 2.39. The van der Waals surface area contributed by atoms with Crippen molar-refractivity contribution in [1.82, 2.24) is 9.88 Å². The standard InChI is InChI=1S/C16H18N2OS2/c1-12-14(11-21-16(20)18-9-5-6-10-18)17-15(19-12)13-7-3-2-4-8-13/h2-4,7-8H,5-6,9-11H2,1H3. The molecule has 2 heterocycles. The molecule has 0 amide bonds. The van der Waals surface area contributed by atoms with Crippen LogP contribution in [0.3, 0.4) is 0 Å². The highest BCUT2D eigenvalue weighted by Crippen LogP contribution is 2.25. The van der Waals surface area contributed by atoms with Gasteiger partial charge in [0.2, 0.25) is 5.89 Å². The van der Waals surface area contributed by atoms with Crippen LogP contribution in [0.15, 0.2) is 34.7 Å². The molecular weight excluding hydrogens is 300 g/mol. The molecule has 1 saturated heterocycles. The van der Waals surface area contributed by atoms with Crippen LogP contribution in [-0.2, 0) is 5.75 Å². The van der Waals surface area contributed by atoms with Crippen LogP contribution in [0.5, 0.6) is 0 Å². The van der Waals surface area contributed by atoms with E-state index in [0.29, 0.717) is 5.89 Å². The first-order valence-corrected chi connectivity index (χ1v) is 8.57. The third-order valence-electron chi connectivity index (χ3n) is 3.61. The molecule has 0 unspecified atom stereocenters. The molecule has 2 aromatic rings. The molecule has 0 N–H and O–H groups in total. The van der Waals surface area contributed by atoms with E-state index in [2.05, 4.69) is 9.88 Å². The van der Waals surface area contributed by atoms with Gasteiger partial charge in [0.15, 0.2) is 0 Å². The number of thiocarbonyl (C=S) groups is 1. The van der Waals surface area contributed by atoms with Crippen molar-refractivity contribution in [2.75, 3.05) is 13.1 Å². The second-order valence-electron chi connectivity index (χ2n) is 5.14. The monoisotopic (exact) mass is 318 g/mol. The second kappa shape index (κ2) is 6.62. The molecule has 0 aliphatic carbocycles. The van der Waals surface area contributed by atoms with Crippen molar-refractivity contribution in [3.63, 3.8) is 0 Å². The highest BCUT2D eigenvalue weighted by Gasteiger charge is 2.17. The van der Waals surface area contributed by atoms with Crippen LogP contribution >= 0.6 is 24.0 Å². The summed E-state index contributed by atoms with van der Waals surface area (Å²) in [4.78, 5) is 6.90. The number of thioether (sulfide) groups is 1. The van der Waals surface area contributed by atoms with Gasteiger partial charge in [-0.1, -0.05) is 42.2 Å². The lowest BCUT2D eigenvalue weighted by molar-refractivity contribution is 0.538. The molecule has 1 aliphatic heterocycles. The van der Waals surface area contributed by atoms with Gasteiger partial charge < -0.3 is 9.32 Å². The zero-order chi connectivity index (χ0) is 14.7. The predicted molar refractivity (Wildman–Crippen MR) is 91.4 cm³/mol. The van der Waals surface area contributed by atoms with E-state index in [1.54, 1.807) is 11.8 Å². The molecular formula is C16H18N2OS2. The van der Waals surface area contributed by atoms with Gasteiger partial charge >= 0.3 is 0 Å². The molecule has 0 saturated carbocycles. The van der Waals surface area contributed by atoms with E-state index in [-0.39, 0.29) is 0 Å². The number of oxazole rings is 1. The molecule has 3 rings (SSSR count). The van der Waals surface area contributed by atoms with E-state index in [0.717, 1.165) is 40.2 Å². The molecule has 0 radical (unpaired) electrons. The Morgan fingerprint density at radius 3 is 2.71 bits per heavy atom. The Bertz CT molecular complexity index is 618. The summed E-state index contributed by atoms with van der Waals surface area (Å²) in [6.07, 6.45) is 2.50. The summed E-state index contributed by atoms with van der Waals surface area (Å²) in [5.74, 6) is 2.35. The van der Waals surface area contributed by atoms with Crippen molar-refractivity contribution in [2.45, 2.75) is 25.5 Å². The fourth-order valence-corrected chi connectivity index (χ4v) is 3.64. The minimum absolute atomic E-state index is 0.691. The first-order valence-electron chi connectivity index (χ1n) is 7.17. The smallest absolute Gasteiger partial charge is 0.226 e. The van der Waals surface area contributed by atoms with Gasteiger partial charge in [0.25, 0.3) is 0 Å². The summed E-state index contributed by atoms with van der Waals surface area (Å²) in [6, 6.07) is 10.00. The number of hydrogen-bond acceptors (Lipinski definition) is 4. The molecule has 0 bridgehead atoms. The minimum atomic E-state index is 0.691. The normalized spacial score (nSPS) is 14.6. The maximum atomic E-state index is 5.78. The van der Waals surface area contributed by atoms with Gasteiger partial charge in [0.05, 0.1) is 5.69 Å². The van der Waals surface area contributed by atoms with Crippen LogP contribution in [0.4, 0.5) is 0 Å². The van der Waals surface area contributed by atoms with Crippen molar-refractivity contribution in [3.05, 3.63) is 41.8 Å². The Morgan fingerprint density at radius 2 is 2.00 bits per heavy atom. The van der Waals surface area contributed by atoms with Crippen LogP contribution in [0.2, 0.25) is 0 Å². The molecule has 1 aliphatic rings. The summed E-state index contributed by atoms with van der Waals surface area (Å²) >= 11 is 7.17. The third kappa shape index (κ3) is 3.47. The number of rotatable bonds is 3. The van der Waals surface area contributed by atoms with E-state index in [4.69, 9.17) is 16.6 Å². The Hall–Kier alpha value is -1.33. The molecule has 5 heteroatoms. The van der Waals surface area contributed by atoms with Gasteiger partial charge in [0.1, 0.15) is 10.1 Å². The number of hydrogen-bond donors (Lipinski definition) is 0. The first-order chi connectivity index (χ1) is 10.2. The quantitative estimate of drug-likeness (QED) is 0.789. The van der Waals surface area contributed by atoms with Crippen LogP contribution in [0.25, 0.3) is 11.5 Å². The average molecular weight is 318 g/mol. The summed E-state index contributed by atoms with van der Waals surface area (Å²) in [6.45, 7) is 4.16. The lowest BCUT2D eigenvalue weighted by Crippen LogP contribution is -2.23. The highest BCUT2D eigenvalue weighted by atomic mass is 32.2. The van der Waals surface area contributed by atoms with Crippen LogP contribution < -0.4 is 0 Å². The van der Waals surface area contributed by atoms with Crippen molar-refractivity contribution in [3.8, 4) is 11.5 Å². The Morgan fingerprint density at radius 1 is 1.29 bits per heavy atom. The molecule has 3 nitrogen and oxygen atoms in total. The number of likely N-dealkylation sites (tertiary alicyclic amines) is 1. The summed E-state index contributed by atoms with van der Waals surface area (Å²) in [5.41, 5.74) is 2.00. The molecule has 1 fully saturated rings. The maximum Gasteiger partial charge on any atom is 0.226 e. The number of benzene rings is 1. The number of aryl methyl sites for hydroxylation is 1. The summed E-state index contributed by atoms with van der Waals surface area (Å²) in [5, 5.41) is 0. The van der Waals surface area contributed by atoms with E-state index in [1.165, 1.54) is 12.8 Å². The van der Waals surface area contributed by atoms with E-state index in [9.17, 15) is 0 Å². The lowest BCUT2D eigenvalue weighted by atomic mass is 10.2. The van der Waals surface area contributed by atoms with Crippen molar-refractivity contribution >= 4 is 28.3 Å². The Kier molecular flexibility index (Phi) is 4.60. The SMILES string of the molecule is Cc1oc(-c2ccccc2)nc1CSC(=S)N1CCCC1.